The predicted octanol–water partition coefficient (Wildman–Crippen LogP) is 4.72. The van der Waals surface area contributed by atoms with Gasteiger partial charge in [-0.15, -0.1) is 0 Å². The molecular formula is C15H10BrF3O. The molecule has 20 heavy (non-hydrogen) atoms. The van der Waals surface area contributed by atoms with Crippen molar-refractivity contribution in [3.8, 4) is 5.75 Å². The van der Waals surface area contributed by atoms with Crippen molar-refractivity contribution >= 4 is 15.9 Å². The maximum atomic E-state index is 13.8. The Bertz CT molecular complexity index is 636. The first kappa shape index (κ1) is 13.5. The van der Waals surface area contributed by atoms with E-state index in [1.54, 1.807) is 0 Å². The quantitative estimate of drug-likeness (QED) is 0.718. The van der Waals surface area contributed by atoms with Crippen LogP contribution in [0, 0.1) is 17.5 Å². The van der Waals surface area contributed by atoms with E-state index in [1.807, 2.05) is 24.3 Å². The molecule has 0 N–H and O–H groups in total. The standard InChI is InChI=1S/C15H10BrF3O/c16-15(14-11(18)5-8(17)6-12(14)19)10-7-20-13-4-2-1-3-9(10)13/h1-6,10,15H,7H2. The Hall–Kier alpha value is -1.49. The van der Waals surface area contributed by atoms with Crippen molar-refractivity contribution in [1.29, 1.82) is 0 Å². The van der Waals surface area contributed by atoms with Crippen LogP contribution in [0.15, 0.2) is 36.4 Å². The van der Waals surface area contributed by atoms with E-state index in [-0.39, 0.29) is 11.5 Å². The highest BCUT2D eigenvalue weighted by Gasteiger charge is 2.33. The van der Waals surface area contributed by atoms with Gasteiger partial charge in [-0.05, 0) is 6.07 Å². The molecule has 1 nitrogen and oxygen atoms in total. The maximum absolute atomic E-state index is 13.8. The molecule has 0 bridgehead atoms. The molecule has 0 radical (unpaired) electrons. The number of fused-ring (bicyclic) bond motifs is 1. The van der Waals surface area contributed by atoms with Crippen molar-refractivity contribution in [2.75, 3.05) is 6.61 Å². The first-order valence-electron chi connectivity index (χ1n) is 6.08. The Morgan fingerprint density at radius 2 is 1.75 bits per heavy atom. The average molecular weight is 343 g/mol. The highest BCUT2D eigenvalue weighted by molar-refractivity contribution is 9.09. The Morgan fingerprint density at radius 3 is 2.45 bits per heavy atom. The van der Waals surface area contributed by atoms with Crippen molar-refractivity contribution in [2.45, 2.75) is 10.7 Å². The predicted molar refractivity (Wildman–Crippen MR) is 72.7 cm³/mol. The van der Waals surface area contributed by atoms with Gasteiger partial charge in [0.15, 0.2) is 0 Å². The van der Waals surface area contributed by atoms with Crippen LogP contribution in [0.25, 0.3) is 0 Å². The number of hydrogen-bond donors (Lipinski definition) is 0. The van der Waals surface area contributed by atoms with Crippen molar-refractivity contribution in [2.24, 2.45) is 0 Å². The smallest absolute Gasteiger partial charge is 0.133 e. The van der Waals surface area contributed by atoms with Gasteiger partial charge in [0.05, 0.1) is 11.4 Å². The molecule has 5 heteroatoms. The van der Waals surface area contributed by atoms with E-state index in [0.29, 0.717) is 24.5 Å². The fourth-order valence-electron chi connectivity index (χ4n) is 2.45. The van der Waals surface area contributed by atoms with Crippen LogP contribution in [-0.4, -0.2) is 6.61 Å². The topological polar surface area (TPSA) is 9.23 Å². The summed E-state index contributed by atoms with van der Waals surface area (Å²) < 4.78 is 46.2. The van der Waals surface area contributed by atoms with E-state index in [4.69, 9.17) is 4.74 Å². The van der Waals surface area contributed by atoms with Crippen LogP contribution in [0.3, 0.4) is 0 Å². The molecule has 1 aliphatic heterocycles. The fraction of sp³-hybridized carbons (Fsp3) is 0.200. The van der Waals surface area contributed by atoms with Crippen molar-refractivity contribution < 1.29 is 17.9 Å². The average Bonchev–Trinajstić information content (AvgIpc) is 2.81. The molecule has 0 aliphatic carbocycles. The molecule has 0 spiro atoms. The van der Waals surface area contributed by atoms with Crippen LogP contribution in [-0.2, 0) is 0 Å². The van der Waals surface area contributed by atoms with Crippen molar-refractivity contribution in [1.82, 2.24) is 0 Å². The number of para-hydroxylation sites is 1. The van der Waals surface area contributed by atoms with Gasteiger partial charge in [0.1, 0.15) is 23.2 Å². The second-order valence-corrected chi connectivity index (χ2v) is 5.63. The molecule has 1 heterocycles. The van der Waals surface area contributed by atoms with Gasteiger partial charge < -0.3 is 4.74 Å². The lowest BCUT2D eigenvalue weighted by atomic mass is 9.93. The third-order valence-electron chi connectivity index (χ3n) is 3.41. The van der Waals surface area contributed by atoms with Crippen LogP contribution in [0.4, 0.5) is 13.2 Å². The van der Waals surface area contributed by atoms with Crippen LogP contribution in [0.2, 0.25) is 0 Å². The van der Waals surface area contributed by atoms with Crippen molar-refractivity contribution in [3.63, 3.8) is 0 Å². The minimum absolute atomic E-state index is 0.170. The monoisotopic (exact) mass is 342 g/mol. The molecule has 1 aliphatic rings. The largest absolute Gasteiger partial charge is 0.493 e. The molecule has 0 amide bonds. The zero-order valence-corrected chi connectivity index (χ0v) is 11.8. The summed E-state index contributed by atoms with van der Waals surface area (Å²) in [5, 5.41) is 0. The first-order valence-corrected chi connectivity index (χ1v) is 6.99. The lowest BCUT2D eigenvalue weighted by Gasteiger charge is -2.18. The van der Waals surface area contributed by atoms with Gasteiger partial charge in [-0.2, -0.15) is 0 Å². The van der Waals surface area contributed by atoms with E-state index >= 15 is 0 Å². The van der Waals surface area contributed by atoms with E-state index < -0.39 is 22.3 Å². The van der Waals surface area contributed by atoms with Gasteiger partial charge in [-0.1, -0.05) is 34.1 Å². The summed E-state index contributed by atoms with van der Waals surface area (Å²) in [4.78, 5) is -0.619. The Labute approximate surface area is 122 Å². The van der Waals surface area contributed by atoms with Crippen LogP contribution in [0.5, 0.6) is 5.75 Å². The normalized spacial score (nSPS) is 18.5. The van der Waals surface area contributed by atoms with Gasteiger partial charge in [0, 0.05) is 29.2 Å². The third kappa shape index (κ3) is 2.20. The molecule has 0 saturated heterocycles. The number of hydrogen-bond acceptors (Lipinski definition) is 1. The zero-order valence-electron chi connectivity index (χ0n) is 10.2. The molecule has 2 aromatic carbocycles. The number of alkyl halides is 1. The summed E-state index contributed by atoms with van der Waals surface area (Å²) in [7, 11) is 0. The van der Waals surface area contributed by atoms with Gasteiger partial charge in [-0.3, -0.25) is 0 Å². The molecule has 0 saturated carbocycles. The molecule has 2 atom stereocenters. The number of benzene rings is 2. The molecule has 2 unspecified atom stereocenters. The van der Waals surface area contributed by atoms with Crippen molar-refractivity contribution in [3.05, 3.63) is 65.0 Å². The second-order valence-electron chi connectivity index (χ2n) is 4.64. The molecular weight excluding hydrogens is 333 g/mol. The molecule has 0 aromatic heterocycles. The number of rotatable bonds is 2. The minimum atomic E-state index is -0.925. The third-order valence-corrected chi connectivity index (χ3v) is 4.51. The van der Waals surface area contributed by atoms with E-state index in [2.05, 4.69) is 15.9 Å². The van der Waals surface area contributed by atoms with Crippen LogP contribution < -0.4 is 4.74 Å². The summed E-state index contributed by atoms with van der Waals surface area (Å²) in [5.41, 5.74) is 0.717. The second kappa shape index (κ2) is 5.13. The zero-order chi connectivity index (χ0) is 14.3. The lowest BCUT2D eigenvalue weighted by molar-refractivity contribution is 0.327. The molecule has 104 valence electrons. The van der Waals surface area contributed by atoms with Gasteiger partial charge in [0.2, 0.25) is 0 Å². The Balaban J connectivity index is 2.01. The number of halogens is 4. The van der Waals surface area contributed by atoms with Crippen LogP contribution in [0.1, 0.15) is 21.9 Å². The Kier molecular flexibility index (Phi) is 3.46. The SMILES string of the molecule is Fc1cc(F)c(C(Br)C2COc3ccccc32)c(F)c1. The van der Waals surface area contributed by atoms with E-state index in [0.717, 1.165) is 5.56 Å². The van der Waals surface area contributed by atoms with Gasteiger partial charge in [0.25, 0.3) is 0 Å². The minimum Gasteiger partial charge on any atom is -0.493 e. The summed E-state index contributed by atoms with van der Waals surface area (Å²) in [5.74, 6) is -2.22. The van der Waals surface area contributed by atoms with E-state index in [9.17, 15) is 13.2 Å². The van der Waals surface area contributed by atoms with E-state index in [1.165, 1.54) is 0 Å². The summed E-state index contributed by atoms with van der Waals surface area (Å²) >= 11 is 3.33. The molecule has 0 fully saturated rings. The lowest BCUT2D eigenvalue weighted by Crippen LogP contribution is -2.11. The van der Waals surface area contributed by atoms with Gasteiger partial charge in [-0.25, -0.2) is 13.2 Å². The summed E-state index contributed by atoms with van der Waals surface area (Å²) in [6.45, 7) is 0.325. The summed E-state index contributed by atoms with van der Waals surface area (Å²) in [6, 6.07) is 8.73. The maximum Gasteiger partial charge on any atom is 0.133 e. The van der Waals surface area contributed by atoms with Crippen LogP contribution >= 0.6 is 15.9 Å². The highest BCUT2D eigenvalue weighted by atomic mass is 79.9. The fourth-order valence-corrected chi connectivity index (χ4v) is 3.32. The number of ether oxygens (including phenoxy) is 1. The Morgan fingerprint density at radius 1 is 1.10 bits per heavy atom. The summed E-state index contributed by atoms with van der Waals surface area (Å²) in [6.07, 6.45) is 0. The molecule has 3 rings (SSSR count). The highest BCUT2D eigenvalue weighted by Crippen LogP contribution is 2.46. The first-order chi connectivity index (χ1) is 9.58. The van der Waals surface area contributed by atoms with Gasteiger partial charge >= 0.3 is 0 Å². The molecule has 2 aromatic rings.